The maximum absolute atomic E-state index is 12.2. The van der Waals surface area contributed by atoms with Crippen molar-refractivity contribution in [2.45, 2.75) is 97.5 Å². The highest BCUT2D eigenvalue weighted by molar-refractivity contribution is 5.94. The number of carbonyl (C=O) groups is 4. The van der Waals surface area contributed by atoms with Crippen LogP contribution in [-0.2, 0) is 23.9 Å². The van der Waals surface area contributed by atoms with E-state index in [1.54, 1.807) is 6.08 Å². The SMILES string of the molecule is CCCCC(C)(C)C(=O)C/C=C/C(=O)CCC(=O)CCCC1CCC(=O)O1. The Morgan fingerprint density at radius 3 is 2.52 bits per heavy atom. The fourth-order valence-corrected chi connectivity index (χ4v) is 3.12. The van der Waals surface area contributed by atoms with Gasteiger partial charge in [-0.1, -0.05) is 39.7 Å². The van der Waals surface area contributed by atoms with Gasteiger partial charge in [0.1, 0.15) is 17.7 Å². The van der Waals surface area contributed by atoms with E-state index >= 15 is 0 Å². The summed E-state index contributed by atoms with van der Waals surface area (Å²) in [6, 6.07) is 0. The molecule has 0 aliphatic carbocycles. The third-order valence-electron chi connectivity index (χ3n) is 5.12. The van der Waals surface area contributed by atoms with Crippen LogP contribution in [0.2, 0.25) is 0 Å². The van der Waals surface area contributed by atoms with E-state index in [0.717, 1.165) is 25.7 Å². The molecule has 0 saturated carbocycles. The molecule has 0 radical (unpaired) electrons. The van der Waals surface area contributed by atoms with E-state index in [4.69, 9.17) is 4.74 Å². The molecule has 152 valence electrons. The van der Waals surface area contributed by atoms with E-state index < -0.39 is 0 Å². The molecule has 0 aromatic rings. The Bertz CT molecular complexity index is 559. The second kappa shape index (κ2) is 11.8. The number of esters is 1. The van der Waals surface area contributed by atoms with Crippen molar-refractivity contribution in [1.82, 2.24) is 0 Å². The lowest BCUT2D eigenvalue weighted by molar-refractivity contribution is -0.141. The molecule has 1 aliphatic heterocycles. The Balaban J connectivity index is 2.18. The fourth-order valence-electron chi connectivity index (χ4n) is 3.12. The fraction of sp³-hybridized carbons (Fsp3) is 0.727. The van der Waals surface area contributed by atoms with Gasteiger partial charge in [-0.3, -0.25) is 19.2 Å². The lowest BCUT2D eigenvalue weighted by Crippen LogP contribution is -2.23. The first kappa shape index (κ1) is 23.3. The van der Waals surface area contributed by atoms with E-state index in [-0.39, 0.29) is 54.1 Å². The topological polar surface area (TPSA) is 77.5 Å². The van der Waals surface area contributed by atoms with Crippen molar-refractivity contribution in [1.29, 1.82) is 0 Å². The van der Waals surface area contributed by atoms with Crippen LogP contribution in [0, 0.1) is 5.41 Å². The van der Waals surface area contributed by atoms with Crippen molar-refractivity contribution < 1.29 is 23.9 Å². The van der Waals surface area contributed by atoms with Crippen molar-refractivity contribution in [2.75, 3.05) is 0 Å². The first-order valence-electron chi connectivity index (χ1n) is 10.2. The number of hydrogen-bond acceptors (Lipinski definition) is 5. The molecule has 0 aromatic heterocycles. The zero-order valence-corrected chi connectivity index (χ0v) is 17.1. The van der Waals surface area contributed by atoms with E-state index in [1.807, 2.05) is 13.8 Å². The van der Waals surface area contributed by atoms with Crippen LogP contribution in [0.4, 0.5) is 0 Å². The van der Waals surface area contributed by atoms with E-state index in [0.29, 0.717) is 25.7 Å². The van der Waals surface area contributed by atoms with Gasteiger partial charge in [0.25, 0.3) is 0 Å². The van der Waals surface area contributed by atoms with Gasteiger partial charge in [0.2, 0.25) is 0 Å². The predicted octanol–water partition coefficient (Wildman–Crippen LogP) is 4.51. The van der Waals surface area contributed by atoms with Crippen molar-refractivity contribution >= 4 is 23.3 Å². The molecule has 0 amide bonds. The molecular formula is C22H34O5. The summed E-state index contributed by atoms with van der Waals surface area (Å²) in [6.07, 6.45) is 9.63. The van der Waals surface area contributed by atoms with E-state index in [1.165, 1.54) is 6.08 Å². The van der Waals surface area contributed by atoms with Crippen LogP contribution in [0.25, 0.3) is 0 Å². The summed E-state index contributed by atoms with van der Waals surface area (Å²) in [7, 11) is 0. The highest BCUT2D eigenvalue weighted by Crippen LogP contribution is 2.26. The molecule has 5 nitrogen and oxygen atoms in total. The van der Waals surface area contributed by atoms with Crippen LogP contribution < -0.4 is 0 Å². The number of allylic oxidation sites excluding steroid dienone is 2. The van der Waals surface area contributed by atoms with Gasteiger partial charge >= 0.3 is 5.97 Å². The summed E-state index contributed by atoms with van der Waals surface area (Å²) in [5, 5.41) is 0. The van der Waals surface area contributed by atoms with Gasteiger partial charge in [-0.15, -0.1) is 0 Å². The normalized spacial score (nSPS) is 17.3. The van der Waals surface area contributed by atoms with Crippen molar-refractivity contribution in [2.24, 2.45) is 5.41 Å². The van der Waals surface area contributed by atoms with Crippen molar-refractivity contribution in [3.63, 3.8) is 0 Å². The van der Waals surface area contributed by atoms with Crippen molar-refractivity contribution in [3.8, 4) is 0 Å². The molecule has 0 spiro atoms. The average Bonchev–Trinajstić information content (AvgIpc) is 3.03. The molecular weight excluding hydrogens is 344 g/mol. The summed E-state index contributed by atoms with van der Waals surface area (Å²) in [6.45, 7) is 6.00. The maximum atomic E-state index is 12.2. The molecule has 5 heteroatoms. The highest BCUT2D eigenvalue weighted by atomic mass is 16.5. The minimum Gasteiger partial charge on any atom is -0.462 e. The van der Waals surface area contributed by atoms with Crippen LogP contribution in [0.15, 0.2) is 12.2 Å². The number of hydrogen-bond donors (Lipinski definition) is 0. The van der Waals surface area contributed by atoms with E-state index in [9.17, 15) is 19.2 Å². The minimum atomic E-state index is -0.354. The molecule has 1 atom stereocenters. The minimum absolute atomic E-state index is 0.0472. The monoisotopic (exact) mass is 378 g/mol. The average molecular weight is 379 g/mol. The lowest BCUT2D eigenvalue weighted by Gasteiger charge is -2.21. The number of cyclic esters (lactones) is 1. The molecule has 1 saturated heterocycles. The molecule has 1 unspecified atom stereocenters. The third kappa shape index (κ3) is 9.64. The zero-order chi connectivity index (χ0) is 20.3. The number of unbranched alkanes of at least 4 members (excludes halogenated alkanes) is 1. The van der Waals surface area contributed by atoms with Gasteiger partial charge in [-0.25, -0.2) is 0 Å². The Labute approximate surface area is 162 Å². The number of ketones is 3. The Hall–Kier alpha value is -1.78. The number of Topliss-reactive ketones (excluding diaryl/α,β-unsaturated/α-hetero) is 2. The van der Waals surface area contributed by atoms with Gasteiger partial charge in [-0.05, 0) is 31.8 Å². The summed E-state index contributed by atoms with van der Waals surface area (Å²) in [5.41, 5.74) is -0.354. The Kier molecular flexibility index (Phi) is 10.2. The zero-order valence-electron chi connectivity index (χ0n) is 17.1. The van der Waals surface area contributed by atoms with Crippen LogP contribution in [0.3, 0.4) is 0 Å². The largest absolute Gasteiger partial charge is 0.462 e. The first-order chi connectivity index (χ1) is 12.7. The molecule has 1 heterocycles. The molecule has 0 aromatic carbocycles. The van der Waals surface area contributed by atoms with Gasteiger partial charge in [0.15, 0.2) is 5.78 Å². The van der Waals surface area contributed by atoms with Crippen LogP contribution in [-0.4, -0.2) is 29.4 Å². The van der Waals surface area contributed by atoms with E-state index in [2.05, 4.69) is 6.92 Å². The molecule has 27 heavy (non-hydrogen) atoms. The van der Waals surface area contributed by atoms with Gasteiger partial charge in [-0.2, -0.15) is 0 Å². The van der Waals surface area contributed by atoms with Crippen LogP contribution >= 0.6 is 0 Å². The number of rotatable bonds is 14. The summed E-state index contributed by atoms with van der Waals surface area (Å²) >= 11 is 0. The maximum Gasteiger partial charge on any atom is 0.306 e. The number of carbonyl (C=O) groups excluding carboxylic acids is 4. The summed E-state index contributed by atoms with van der Waals surface area (Å²) in [5.74, 6) is -0.0790. The van der Waals surface area contributed by atoms with Gasteiger partial charge in [0, 0.05) is 37.5 Å². The highest BCUT2D eigenvalue weighted by Gasteiger charge is 2.25. The molecule has 1 aliphatic rings. The Morgan fingerprint density at radius 2 is 1.89 bits per heavy atom. The Morgan fingerprint density at radius 1 is 1.15 bits per heavy atom. The first-order valence-corrected chi connectivity index (χ1v) is 10.2. The van der Waals surface area contributed by atoms with Crippen molar-refractivity contribution in [3.05, 3.63) is 12.2 Å². The van der Waals surface area contributed by atoms with Gasteiger partial charge in [0.05, 0.1) is 0 Å². The molecule has 1 rings (SSSR count). The molecule has 0 bridgehead atoms. The lowest BCUT2D eigenvalue weighted by atomic mass is 9.81. The number of ether oxygens (including phenoxy) is 1. The van der Waals surface area contributed by atoms with Gasteiger partial charge < -0.3 is 4.74 Å². The summed E-state index contributed by atoms with van der Waals surface area (Å²) in [4.78, 5) is 46.9. The second-order valence-corrected chi connectivity index (χ2v) is 8.06. The standard InChI is InChI=1S/C22H34O5/c1-4-5-16-22(2,3)20(25)11-7-9-18(24)13-12-17(23)8-6-10-19-14-15-21(26)27-19/h7,9,19H,4-6,8,10-16H2,1-3H3/b9-7+. The molecule has 1 fully saturated rings. The smallest absolute Gasteiger partial charge is 0.306 e. The second-order valence-electron chi connectivity index (χ2n) is 8.06. The summed E-state index contributed by atoms with van der Waals surface area (Å²) < 4.78 is 5.11. The quantitative estimate of drug-likeness (QED) is 0.328. The van der Waals surface area contributed by atoms with Crippen LogP contribution in [0.5, 0.6) is 0 Å². The third-order valence-corrected chi connectivity index (χ3v) is 5.12. The van der Waals surface area contributed by atoms with Crippen LogP contribution in [0.1, 0.15) is 91.4 Å². The molecule has 0 N–H and O–H groups in total. The predicted molar refractivity (Wildman–Crippen MR) is 104 cm³/mol.